The van der Waals surface area contributed by atoms with Crippen LogP contribution in [0.3, 0.4) is 0 Å². The average Bonchev–Trinajstić information content (AvgIpc) is 3.03. The molecule has 0 unspecified atom stereocenters. The van der Waals surface area contributed by atoms with Gasteiger partial charge in [0.1, 0.15) is 0 Å². The molecule has 1 heterocycles. The maximum absolute atomic E-state index is 12.1. The first kappa shape index (κ1) is 18.1. The van der Waals surface area contributed by atoms with Gasteiger partial charge in [-0.2, -0.15) is 0 Å². The van der Waals surface area contributed by atoms with Gasteiger partial charge < -0.3 is 14.2 Å². The number of nitro groups is 1. The lowest BCUT2D eigenvalue weighted by molar-refractivity contribution is -0.384. The Morgan fingerprint density at radius 1 is 1.22 bits per heavy atom. The number of aliphatic imine (C=N–C) groups is 1. The van der Waals surface area contributed by atoms with Crippen molar-refractivity contribution in [3.05, 3.63) is 69.4 Å². The summed E-state index contributed by atoms with van der Waals surface area (Å²) >= 11 is 0. The molecule has 0 aromatic heterocycles. The Bertz CT molecular complexity index is 964. The molecule has 27 heavy (non-hydrogen) atoms. The fraction of sp³-hybridized carbons (Fsp3) is 0.158. The summed E-state index contributed by atoms with van der Waals surface area (Å²) in [6.45, 7) is 2.37. The Labute approximate surface area is 154 Å². The number of non-ortho nitro benzene ring substituents is 1. The van der Waals surface area contributed by atoms with Crippen molar-refractivity contribution in [2.45, 2.75) is 6.92 Å². The number of benzene rings is 2. The zero-order valence-corrected chi connectivity index (χ0v) is 14.7. The van der Waals surface area contributed by atoms with Gasteiger partial charge in [0.15, 0.2) is 17.2 Å². The molecule has 138 valence electrons. The van der Waals surface area contributed by atoms with E-state index in [-0.39, 0.29) is 17.3 Å². The molecule has 0 spiro atoms. The minimum atomic E-state index is -0.635. The third-order valence-corrected chi connectivity index (χ3v) is 3.72. The van der Waals surface area contributed by atoms with E-state index >= 15 is 0 Å². The van der Waals surface area contributed by atoms with Gasteiger partial charge in [-0.15, -0.1) is 0 Å². The van der Waals surface area contributed by atoms with E-state index in [1.807, 2.05) is 6.92 Å². The number of esters is 1. The van der Waals surface area contributed by atoms with Crippen molar-refractivity contribution in [1.82, 2.24) is 0 Å². The highest BCUT2D eigenvalue weighted by atomic mass is 16.6. The minimum Gasteiger partial charge on any atom is -0.493 e. The maximum Gasteiger partial charge on any atom is 0.363 e. The van der Waals surface area contributed by atoms with Gasteiger partial charge in [0.05, 0.1) is 18.6 Å². The Morgan fingerprint density at radius 2 is 2.04 bits per heavy atom. The van der Waals surface area contributed by atoms with Crippen molar-refractivity contribution in [1.29, 1.82) is 0 Å². The van der Waals surface area contributed by atoms with Gasteiger partial charge in [-0.25, -0.2) is 9.79 Å². The van der Waals surface area contributed by atoms with Gasteiger partial charge in [-0.1, -0.05) is 12.1 Å². The summed E-state index contributed by atoms with van der Waals surface area (Å²) in [6, 6.07) is 10.9. The number of nitrogens with zero attached hydrogens (tertiary/aromatic N) is 2. The van der Waals surface area contributed by atoms with Crippen LogP contribution in [0.4, 0.5) is 5.69 Å². The van der Waals surface area contributed by atoms with Gasteiger partial charge in [0, 0.05) is 17.7 Å². The number of hydrogen-bond acceptors (Lipinski definition) is 7. The van der Waals surface area contributed by atoms with Crippen molar-refractivity contribution in [3.63, 3.8) is 0 Å². The molecule has 0 atom stereocenters. The van der Waals surface area contributed by atoms with Crippen LogP contribution < -0.4 is 9.47 Å². The first-order chi connectivity index (χ1) is 13.0. The van der Waals surface area contributed by atoms with Crippen LogP contribution in [-0.4, -0.2) is 30.5 Å². The van der Waals surface area contributed by atoms with Crippen LogP contribution in [0.15, 0.2) is 53.2 Å². The molecule has 2 aromatic rings. The molecule has 0 fully saturated rings. The van der Waals surface area contributed by atoms with Crippen molar-refractivity contribution in [3.8, 4) is 11.5 Å². The molecule has 0 saturated carbocycles. The van der Waals surface area contributed by atoms with Crippen molar-refractivity contribution >= 4 is 23.6 Å². The minimum absolute atomic E-state index is 0.0212. The first-order valence-corrected chi connectivity index (χ1v) is 8.10. The molecule has 0 N–H and O–H groups in total. The van der Waals surface area contributed by atoms with Crippen molar-refractivity contribution in [2.75, 3.05) is 13.7 Å². The summed E-state index contributed by atoms with van der Waals surface area (Å²) in [5, 5.41) is 10.9. The fourth-order valence-electron chi connectivity index (χ4n) is 2.49. The van der Waals surface area contributed by atoms with Crippen LogP contribution >= 0.6 is 0 Å². The van der Waals surface area contributed by atoms with E-state index in [1.165, 1.54) is 25.3 Å². The number of rotatable bonds is 6. The van der Waals surface area contributed by atoms with E-state index in [4.69, 9.17) is 14.2 Å². The largest absolute Gasteiger partial charge is 0.493 e. The highest BCUT2D eigenvalue weighted by Gasteiger charge is 2.25. The smallest absolute Gasteiger partial charge is 0.363 e. The first-order valence-electron chi connectivity index (χ1n) is 8.10. The zero-order valence-electron chi connectivity index (χ0n) is 14.7. The van der Waals surface area contributed by atoms with E-state index in [0.717, 1.165) is 0 Å². The summed E-state index contributed by atoms with van der Waals surface area (Å²) in [5.41, 5.74) is 0.999. The summed E-state index contributed by atoms with van der Waals surface area (Å²) in [7, 11) is 1.52. The molecule has 1 aliphatic rings. The molecule has 2 aromatic carbocycles. The van der Waals surface area contributed by atoms with Gasteiger partial charge in [-0.05, 0) is 36.8 Å². The Kier molecular flexibility index (Phi) is 5.16. The second-order valence-corrected chi connectivity index (χ2v) is 5.49. The number of ether oxygens (including phenoxy) is 3. The number of nitro benzene ring substituents is 1. The molecule has 0 saturated heterocycles. The SMILES string of the molecule is CCOc1ccc(/C=C2\N=C(c3cccc([N+](=O)[O-])c3)OC2=O)cc1OC. The molecule has 3 rings (SSSR count). The second-order valence-electron chi connectivity index (χ2n) is 5.49. The third-order valence-electron chi connectivity index (χ3n) is 3.72. The molecule has 0 aliphatic carbocycles. The van der Waals surface area contributed by atoms with Crippen LogP contribution in [0, 0.1) is 10.1 Å². The fourth-order valence-corrected chi connectivity index (χ4v) is 2.49. The highest BCUT2D eigenvalue weighted by Crippen LogP contribution is 2.30. The molecule has 8 heteroatoms. The van der Waals surface area contributed by atoms with E-state index < -0.39 is 10.9 Å². The van der Waals surface area contributed by atoms with Crippen molar-refractivity contribution < 1.29 is 23.9 Å². The van der Waals surface area contributed by atoms with Crippen LogP contribution in [0.5, 0.6) is 11.5 Å². The lowest BCUT2D eigenvalue weighted by atomic mass is 10.1. The van der Waals surface area contributed by atoms with Crippen LogP contribution in [0.1, 0.15) is 18.1 Å². The molecule has 1 aliphatic heterocycles. The normalized spacial score (nSPS) is 14.7. The third kappa shape index (κ3) is 3.95. The molecule has 0 amide bonds. The zero-order chi connectivity index (χ0) is 19.4. The lowest BCUT2D eigenvalue weighted by Gasteiger charge is -2.09. The van der Waals surface area contributed by atoms with Gasteiger partial charge in [0.2, 0.25) is 5.90 Å². The molecule has 8 nitrogen and oxygen atoms in total. The van der Waals surface area contributed by atoms with E-state index in [0.29, 0.717) is 29.2 Å². The standard InChI is InChI=1S/C19H16N2O6/c1-3-26-16-8-7-12(10-17(16)25-2)9-15-19(22)27-18(20-15)13-5-4-6-14(11-13)21(23)24/h4-11H,3H2,1-2H3/b15-9-. The second kappa shape index (κ2) is 7.69. The summed E-state index contributed by atoms with van der Waals surface area (Å²) < 4.78 is 15.9. The number of cyclic esters (lactones) is 1. The lowest BCUT2D eigenvalue weighted by Crippen LogP contribution is -2.05. The average molecular weight is 368 g/mol. The van der Waals surface area contributed by atoms with E-state index in [1.54, 1.807) is 30.3 Å². The molecule has 0 radical (unpaired) electrons. The molecular formula is C19H16N2O6. The number of carbonyl (C=O) groups is 1. The maximum atomic E-state index is 12.1. The monoisotopic (exact) mass is 368 g/mol. The molecule has 0 bridgehead atoms. The van der Waals surface area contributed by atoms with E-state index in [2.05, 4.69) is 4.99 Å². The Balaban J connectivity index is 1.92. The molecular weight excluding hydrogens is 352 g/mol. The predicted octanol–water partition coefficient (Wildman–Crippen LogP) is 3.35. The van der Waals surface area contributed by atoms with Gasteiger partial charge in [-0.3, -0.25) is 10.1 Å². The summed E-state index contributed by atoms with van der Waals surface area (Å²) in [6.07, 6.45) is 1.55. The summed E-state index contributed by atoms with van der Waals surface area (Å²) in [5.74, 6) is 0.509. The van der Waals surface area contributed by atoms with Crippen LogP contribution in [0.2, 0.25) is 0 Å². The van der Waals surface area contributed by atoms with Crippen LogP contribution in [-0.2, 0) is 9.53 Å². The predicted molar refractivity (Wildman–Crippen MR) is 97.9 cm³/mol. The summed E-state index contributed by atoms with van der Waals surface area (Å²) in [4.78, 5) is 26.6. The Hall–Kier alpha value is -3.68. The quantitative estimate of drug-likeness (QED) is 0.335. The van der Waals surface area contributed by atoms with Crippen molar-refractivity contribution in [2.24, 2.45) is 4.99 Å². The number of carbonyl (C=O) groups excluding carboxylic acids is 1. The number of hydrogen-bond donors (Lipinski definition) is 0. The van der Waals surface area contributed by atoms with Crippen LogP contribution in [0.25, 0.3) is 6.08 Å². The topological polar surface area (TPSA) is 100 Å². The highest BCUT2D eigenvalue weighted by molar-refractivity contribution is 6.13. The Morgan fingerprint density at radius 3 is 2.74 bits per heavy atom. The van der Waals surface area contributed by atoms with E-state index in [9.17, 15) is 14.9 Å². The number of methoxy groups -OCH3 is 1. The van der Waals surface area contributed by atoms with Gasteiger partial charge >= 0.3 is 5.97 Å². The van der Waals surface area contributed by atoms with Gasteiger partial charge in [0.25, 0.3) is 5.69 Å².